The van der Waals surface area contributed by atoms with Crippen LogP contribution in [0.5, 0.6) is 0 Å². The number of benzene rings is 3. The maximum absolute atomic E-state index is 12.6. The van der Waals surface area contributed by atoms with E-state index in [9.17, 15) is 13.2 Å². The summed E-state index contributed by atoms with van der Waals surface area (Å²) in [6, 6.07) is 18.5. The molecule has 0 radical (unpaired) electrons. The maximum atomic E-state index is 12.6. The minimum Gasteiger partial charge on any atom is -0.352 e. The van der Waals surface area contributed by atoms with E-state index in [-0.39, 0.29) is 12.5 Å². The molecule has 0 saturated carbocycles. The second kappa shape index (κ2) is 10.4. The molecule has 1 amide bonds. The van der Waals surface area contributed by atoms with Gasteiger partial charge in [-0.05, 0) is 73.7 Å². The van der Waals surface area contributed by atoms with E-state index in [1.54, 1.807) is 24.3 Å². The van der Waals surface area contributed by atoms with Crippen LogP contribution in [0.4, 0.5) is 5.69 Å². The Morgan fingerprint density at radius 3 is 2.00 bits per heavy atom. The van der Waals surface area contributed by atoms with Crippen LogP contribution in [0.2, 0.25) is 5.02 Å². The van der Waals surface area contributed by atoms with Crippen molar-refractivity contribution in [3.8, 4) is 0 Å². The highest BCUT2D eigenvalue weighted by molar-refractivity contribution is 7.92. The van der Waals surface area contributed by atoms with E-state index in [0.29, 0.717) is 29.2 Å². The molecule has 0 heterocycles. The van der Waals surface area contributed by atoms with E-state index in [1.165, 1.54) is 10.6 Å². The maximum Gasteiger partial charge on any atom is 0.251 e. The lowest BCUT2D eigenvalue weighted by molar-refractivity contribution is 0.0954. The van der Waals surface area contributed by atoms with Crippen LogP contribution in [0.3, 0.4) is 0 Å². The first-order chi connectivity index (χ1) is 15.5. The summed E-state index contributed by atoms with van der Waals surface area (Å²) in [4.78, 5) is 12.5. The fourth-order valence-electron chi connectivity index (χ4n) is 3.93. The van der Waals surface area contributed by atoms with Crippen LogP contribution in [0, 0.1) is 20.8 Å². The van der Waals surface area contributed by atoms with E-state index < -0.39 is 10.0 Å². The van der Waals surface area contributed by atoms with Crippen LogP contribution in [0.15, 0.2) is 60.7 Å². The average Bonchev–Trinajstić information content (AvgIpc) is 2.73. The predicted octanol–water partition coefficient (Wildman–Crippen LogP) is 5.20. The molecule has 0 aliphatic rings. The van der Waals surface area contributed by atoms with Crippen molar-refractivity contribution in [2.45, 2.75) is 33.7 Å². The van der Waals surface area contributed by atoms with Gasteiger partial charge < -0.3 is 5.32 Å². The van der Waals surface area contributed by atoms with Crippen LogP contribution in [0.25, 0.3) is 0 Å². The molecule has 0 aromatic heterocycles. The molecule has 0 aliphatic carbocycles. The van der Waals surface area contributed by atoms with Gasteiger partial charge in [-0.3, -0.25) is 9.10 Å². The van der Waals surface area contributed by atoms with Gasteiger partial charge in [-0.1, -0.05) is 53.6 Å². The molecule has 3 aromatic carbocycles. The number of sulfonamides is 1. The van der Waals surface area contributed by atoms with Crippen molar-refractivity contribution >= 4 is 33.2 Å². The zero-order valence-corrected chi connectivity index (χ0v) is 20.9. The first-order valence-corrected chi connectivity index (χ1v) is 12.9. The van der Waals surface area contributed by atoms with Gasteiger partial charge in [0.15, 0.2) is 0 Å². The van der Waals surface area contributed by atoms with Gasteiger partial charge in [0.2, 0.25) is 10.0 Å². The van der Waals surface area contributed by atoms with Gasteiger partial charge in [0.05, 0.1) is 18.5 Å². The molecule has 7 heteroatoms. The fourth-order valence-corrected chi connectivity index (χ4v) is 5.06. The predicted molar refractivity (Wildman–Crippen MR) is 136 cm³/mol. The van der Waals surface area contributed by atoms with E-state index >= 15 is 0 Å². The van der Waals surface area contributed by atoms with Gasteiger partial charge in [-0.25, -0.2) is 8.42 Å². The first kappa shape index (κ1) is 24.8. The molecular formula is C26H29ClN2O3S. The molecule has 1 N–H and O–H groups in total. The van der Waals surface area contributed by atoms with Crippen molar-refractivity contribution < 1.29 is 13.2 Å². The number of carbonyl (C=O) groups excluding carboxylic acids is 1. The number of aryl methyl sites for hydroxylation is 3. The molecule has 0 spiro atoms. The topological polar surface area (TPSA) is 66.5 Å². The zero-order valence-electron chi connectivity index (χ0n) is 19.4. The van der Waals surface area contributed by atoms with E-state index in [2.05, 4.69) is 5.32 Å². The van der Waals surface area contributed by atoms with E-state index in [0.717, 1.165) is 27.8 Å². The molecule has 33 heavy (non-hydrogen) atoms. The SMILES string of the molecule is Cc1cc(C)c(N(Cc2ccc(C(=O)NCCc3ccc(Cl)cc3)cc2)S(C)(=O)=O)c(C)c1. The molecule has 0 fully saturated rings. The molecule has 0 atom stereocenters. The van der Waals surface area contributed by atoms with Crippen molar-refractivity contribution in [2.75, 3.05) is 17.1 Å². The molecule has 3 aromatic rings. The summed E-state index contributed by atoms with van der Waals surface area (Å²) in [6.07, 6.45) is 1.92. The minimum atomic E-state index is -3.50. The Hall–Kier alpha value is -2.83. The molecular weight excluding hydrogens is 456 g/mol. The van der Waals surface area contributed by atoms with Gasteiger partial charge in [0.25, 0.3) is 5.91 Å². The molecule has 0 unspecified atom stereocenters. The molecule has 0 bridgehead atoms. The standard InChI is InChI=1S/C26H29ClN2O3S/c1-18-15-19(2)25(20(3)16-18)29(33(4,31)32)17-22-5-9-23(10-6-22)26(30)28-14-13-21-7-11-24(27)12-8-21/h5-12,15-16H,13-14,17H2,1-4H3,(H,28,30). The van der Waals surface area contributed by atoms with E-state index in [4.69, 9.17) is 11.6 Å². The molecule has 174 valence electrons. The van der Waals surface area contributed by atoms with Gasteiger partial charge in [0, 0.05) is 17.1 Å². The first-order valence-electron chi connectivity index (χ1n) is 10.7. The number of halogens is 1. The third-order valence-corrected chi connectivity index (χ3v) is 6.80. The summed E-state index contributed by atoms with van der Waals surface area (Å²) in [5, 5.41) is 3.60. The molecule has 3 rings (SSSR count). The largest absolute Gasteiger partial charge is 0.352 e. The monoisotopic (exact) mass is 484 g/mol. The zero-order chi connectivity index (χ0) is 24.2. The summed E-state index contributed by atoms with van der Waals surface area (Å²) < 4.78 is 26.6. The lowest BCUT2D eigenvalue weighted by Crippen LogP contribution is -2.30. The third kappa shape index (κ3) is 6.59. The Morgan fingerprint density at radius 1 is 0.909 bits per heavy atom. The molecule has 0 saturated heterocycles. The van der Waals surface area contributed by atoms with Crippen LogP contribution in [-0.2, 0) is 23.0 Å². The number of amides is 1. The van der Waals surface area contributed by atoms with Gasteiger partial charge in [-0.15, -0.1) is 0 Å². The Balaban J connectivity index is 1.69. The highest BCUT2D eigenvalue weighted by Gasteiger charge is 2.22. The van der Waals surface area contributed by atoms with E-state index in [1.807, 2.05) is 57.2 Å². The number of nitrogens with one attached hydrogen (secondary N) is 1. The minimum absolute atomic E-state index is 0.166. The van der Waals surface area contributed by atoms with Crippen LogP contribution >= 0.6 is 11.6 Å². The molecule has 5 nitrogen and oxygen atoms in total. The lowest BCUT2D eigenvalue weighted by Gasteiger charge is -2.26. The molecule has 0 aliphatic heterocycles. The van der Waals surface area contributed by atoms with Crippen molar-refractivity contribution in [2.24, 2.45) is 0 Å². The van der Waals surface area contributed by atoms with Crippen LogP contribution in [0.1, 0.15) is 38.2 Å². The quantitative estimate of drug-likeness (QED) is 0.477. The fraction of sp³-hybridized carbons (Fsp3) is 0.269. The summed E-state index contributed by atoms with van der Waals surface area (Å²) in [6.45, 7) is 6.54. The van der Waals surface area contributed by atoms with Gasteiger partial charge in [0.1, 0.15) is 0 Å². The number of hydrogen-bond donors (Lipinski definition) is 1. The van der Waals surface area contributed by atoms with Crippen molar-refractivity contribution in [1.29, 1.82) is 0 Å². The highest BCUT2D eigenvalue weighted by atomic mass is 35.5. The van der Waals surface area contributed by atoms with Crippen LogP contribution < -0.4 is 9.62 Å². The normalized spacial score (nSPS) is 11.3. The number of hydrogen-bond acceptors (Lipinski definition) is 3. The van der Waals surface area contributed by atoms with Crippen molar-refractivity contribution in [3.63, 3.8) is 0 Å². The second-order valence-electron chi connectivity index (χ2n) is 8.35. The second-order valence-corrected chi connectivity index (χ2v) is 10.7. The lowest BCUT2D eigenvalue weighted by atomic mass is 10.0. The van der Waals surface area contributed by atoms with Crippen LogP contribution in [-0.4, -0.2) is 27.1 Å². The van der Waals surface area contributed by atoms with Gasteiger partial charge >= 0.3 is 0 Å². The number of anilines is 1. The highest BCUT2D eigenvalue weighted by Crippen LogP contribution is 2.29. The summed E-state index contributed by atoms with van der Waals surface area (Å²) in [5.41, 5.74) is 6.04. The van der Waals surface area contributed by atoms with Gasteiger partial charge in [-0.2, -0.15) is 0 Å². The summed E-state index contributed by atoms with van der Waals surface area (Å²) in [7, 11) is -3.50. The Kier molecular flexibility index (Phi) is 7.82. The van der Waals surface area contributed by atoms with Crippen molar-refractivity contribution in [3.05, 3.63) is 99.1 Å². The Morgan fingerprint density at radius 2 is 1.45 bits per heavy atom. The smallest absolute Gasteiger partial charge is 0.251 e. The third-order valence-electron chi connectivity index (χ3n) is 5.44. The number of nitrogens with zero attached hydrogens (tertiary/aromatic N) is 1. The van der Waals surface area contributed by atoms with Crippen molar-refractivity contribution in [1.82, 2.24) is 5.32 Å². The summed E-state index contributed by atoms with van der Waals surface area (Å²) >= 11 is 5.90. The Bertz CT molecular complexity index is 1210. The summed E-state index contributed by atoms with van der Waals surface area (Å²) in [5.74, 6) is -0.166. The average molecular weight is 485 g/mol. The number of carbonyl (C=O) groups is 1. The number of rotatable bonds is 8. The Labute approximate surface area is 201 Å².